The van der Waals surface area contributed by atoms with E-state index in [2.05, 4.69) is 15.1 Å². The highest BCUT2D eigenvalue weighted by molar-refractivity contribution is 7.86. The van der Waals surface area contributed by atoms with Gasteiger partial charge in [0.2, 0.25) is 0 Å². The predicted molar refractivity (Wildman–Crippen MR) is 96.9 cm³/mol. The van der Waals surface area contributed by atoms with Crippen LogP contribution in [-0.2, 0) is 19.0 Å². The number of likely N-dealkylation sites (tertiary alicyclic amines) is 1. The second-order valence-corrected chi connectivity index (χ2v) is 8.77. The maximum absolute atomic E-state index is 12.5. The van der Waals surface area contributed by atoms with Crippen LogP contribution in [0.3, 0.4) is 0 Å². The van der Waals surface area contributed by atoms with E-state index < -0.39 is 10.1 Å². The first-order valence-electron chi connectivity index (χ1n) is 8.99. The van der Waals surface area contributed by atoms with E-state index in [1.807, 2.05) is 16.5 Å². The van der Waals surface area contributed by atoms with E-state index in [-0.39, 0.29) is 23.7 Å². The maximum Gasteiger partial charge on any atom is 0.264 e. The molecule has 148 valence electrons. The van der Waals surface area contributed by atoms with E-state index in [0.717, 1.165) is 19.1 Å². The third-order valence-corrected chi connectivity index (χ3v) is 5.77. The van der Waals surface area contributed by atoms with Crippen LogP contribution in [0.5, 0.6) is 0 Å². The molecule has 4 heterocycles. The molecule has 0 spiro atoms. The van der Waals surface area contributed by atoms with Crippen molar-refractivity contribution in [1.82, 2.24) is 24.6 Å². The lowest BCUT2D eigenvalue weighted by molar-refractivity contribution is -0.00316. The van der Waals surface area contributed by atoms with E-state index in [0.29, 0.717) is 43.2 Å². The zero-order valence-electron chi connectivity index (χ0n) is 15.3. The minimum atomic E-state index is -3.47. The van der Waals surface area contributed by atoms with Gasteiger partial charge in [0.1, 0.15) is 17.3 Å². The summed E-state index contributed by atoms with van der Waals surface area (Å²) in [5, 5.41) is 4.86. The van der Waals surface area contributed by atoms with Crippen LogP contribution in [0.15, 0.2) is 11.0 Å². The molecule has 0 radical (unpaired) electrons. The van der Waals surface area contributed by atoms with E-state index >= 15 is 0 Å². The monoisotopic (exact) mass is 397 g/mol. The average molecular weight is 397 g/mol. The van der Waals surface area contributed by atoms with Gasteiger partial charge in [0.05, 0.1) is 24.5 Å². The number of hydrogen-bond donors (Lipinski definition) is 1. The highest BCUT2D eigenvalue weighted by Gasteiger charge is 2.35. The molecule has 0 amide bonds. The van der Waals surface area contributed by atoms with Crippen molar-refractivity contribution >= 4 is 21.2 Å². The average Bonchev–Trinajstić information content (AvgIpc) is 3.01. The summed E-state index contributed by atoms with van der Waals surface area (Å²) in [6.45, 7) is 4.21. The van der Waals surface area contributed by atoms with Crippen LogP contribution in [0.2, 0.25) is 0 Å². The molecule has 2 fully saturated rings. The second-order valence-electron chi connectivity index (χ2n) is 7.17. The van der Waals surface area contributed by atoms with Crippen molar-refractivity contribution in [2.24, 2.45) is 0 Å². The fourth-order valence-electron chi connectivity index (χ4n) is 3.61. The van der Waals surface area contributed by atoms with Crippen molar-refractivity contribution in [3.63, 3.8) is 0 Å². The highest BCUT2D eigenvalue weighted by Crippen LogP contribution is 2.27. The lowest BCUT2D eigenvalue weighted by atomic mass is 10.1. The number of fused-ring (bicyclic) bond motifs is 1. The number of aromatic nitrogens is 4. The largest absolute Gasteiger partial charge is 0.381 e. The molecule has 1 N–H and O–H groups in total. The van der Waals surface area contributed by atoms with E-state index in [4.69, 9.17) is 8.92 Å². The maximum atomic E-state index is 12.5. The minimum Gasteiger partial charge on any atom is -0.381 e. The summed E-state index contributed by atoms with van der Waals surface area (Å²) in [4.78, 5) is 22.0. The van der Waals surface area contributed by atoms with Gasteiger partial charge in [0.15, 0.2) is 5.65 Å². The molecule has 0 bridgehead atoms. The molecule has 10 nitrogen and oxygen atoms in total. The summed E-state index contributed by atoms with van der Waals surface area (Å²) in [7, 11) is -3.47. The third-order valence-electron chi connectivity index (χ3n) is 5.15. The number of H-pyrrole nitrogens is 1. The molecule has 4 rings (SSSR count). The Morgan fingerprint density at radius 3 is 2.70 bits per heavy atom. The zero-order chi connectivity index (χ0) is 19.2. The van der Waals surface area contributed by atoms with Gasteiger partial charge in [-0.3, -0.25) is 13.9 Å². The molecule has 2 saturated heterocycles. The fourth-order valence-corrected chi connectivity index (χ4v) is 4.23. The quantitative estimate of drug-likeness (QED) is 0.710. The SMILES string of the molecule is C[C@H](c1nc2c(cnn2C2CCOCC2)c(=O)[nH]1)N1CC(OS(C)(=O)=O)C1. The Morgan fingerprint density at radius 1 is 1.33 bits per heavy atom. The Kier molecular flexibility index (Phi) is 4.78. The number of aromatic amines is 1. The normalized spacial score (nSPS) is 21.4. The molecule has 0 unspecified atom stereocenters. The number of ether oxygens (including phenoxy) is 1. The molecular formula is C16H23N5O5S. The molecule has 2 aliphatic heterocycles. The van der Waals surface area contributed by atoms with Crippen molar-refractivity contribution < 1.29 is 17.3 Å². The molecule has 2 aliphatic rings. The van der Waals surface area contributed by atoms with Crippen molar-refractivity contribution in [1.29, 1.82) is 0 Å². The van der Waals surface area contributed by atoms with Crippen molar-refractivity contribution in [3.05, 3.63) is 22.4 Å². The van der Waals surface area contributed by atoms with Gasteiger partial charge in [-0.2, -0.15) is 13.5 Å². The van der Waals surface area contributed by atoms with Crippen LogP contribution in [0.4, 0.5) is 0 Å². The van der Waals surface area contributed by atoms with E-state index in [9.17, 15) is 13.2 Å². The van der Waals surface area contributed by atoms with Crippen molar-refractivity contribution in [2.75, 3.05) is 32.6 Å². The number of rotatable bonds is 5. The third kappa shape index (κ3) is 3.77. The van der Waals surface area contributed by atoms with Gasteiger partial charge in [-0.1, -0.05) is 0 Å². The Balaban J connectivity index is 1.56. The summed E-state index contributed by atoms with van der Waals surface area (Å²) in [5.74, 6) is 0.541. The number of nitrogens with zero attached hydrogens (tertiary/aromatic N) is 4. The zero-order valence-corrected chi connectivity index (χ0v) is 16.1. The summed E-state index contributed by atoms with van der Waals surface area (Å²) >= 11 is 0. The van der Waals surface area contributed by atoms with Crippen LogP contribution < -0.4 is 5.56 Å². The highest BCUT2D eigenvalue weighted by atomic mass is 32.2. The molecular weight excluding hydrogens is 374 g/mol. The number of nitrogens with one attached hydrogen (secondary N) is 1. The van der Waals surface area contributed by atoms with Crippen LogP contribution in [0.1, 0.15) is 37.7 Å². The van der Waals surface area contributed by atoms with Crippen molar-refractivity contribution in [2.45, 2.75) is 38.0 Å². The molecule has 27 heavy (non-hydrogen) atoms. The lowest BCUT2D eigenvalue weighted by Gasteiger charge is -2.41. The minimum absolute atomic E-state index is 0.167. The van der Waals surface area contributed by atoms with Gasteiger partial charge in [-0.25, -0.2) is 9.67 Å². The molecule has 1 atom stereocenters. The number of hydrogen-bond acceptors (Lipinski definition) is 8. The van der Waals surface area contributed by atoms with Crippen LogP contribution in [0.25, 0.3) is 11.0 Å². The fraction of sp³-hybridized carbons (Fsp3) is 0.688. The summed E-state index contributed by atoms with van der Waals surface area (Å²) in [5.41, 5.74) is 0.363. The van der Waals surface area contributed by atoms with Gasteiger partial charge in [-0.15, -0.1) is 0 Å². The Morgan fingerprint density at radius 2 is 2.04 bits per heavy atom. The first-order chi connectivity index (χ1) is 12.8. The molecule has 0 aromatic carbocycles. The van der Waals surface area contributed by atoms with E-state index in [1.54, 1.807) is 6.20 Å². The molecule has 11 heteroatoms. The topological polar surface area (TPSA) is 119 Å². The Bertz CT molecular complexity index is 988. The second kappa shape index (κ2) is 6.97. The van der Waals surface area contributed by atoms with Gasteiger partial charge < -0.3 is 9.72 Å². The molecule has 2 aromatic rings. The first-order valence-corrected chi connectivity index (χ1v) is 10.8. The van der Waals surface area contributed by atoms with E-state index in [1.165, 1.54) is 0 Å². The lowest BCUT2D eigenvalue weighted by Crippen LogP contribution is -2.53. The van der Waals surface area contributed by atoms with Gasteiger partial charge in [0, 0.05) is 26.3 Å². The molecule has 0 saturated carbocycles. The molecule has 2 aromatic heterocycles. The van der Waals surface area contributed by atoms with Crippen molar-refractivity contribution in [3.8, 4) is 0 Å². The van der Waals surface area contributed by atoms with Gasteiger partial charge >= 0.3 is 0 Å². The Hall–Kier alpha value is -1.82. The predicted octanol–water partition coefficient (Wildman–Crippen LogP) is 0.193. The first kappa shape index (κ1) is 18.5. The van der Waals surface area contributed by atoms with Gasteiger partial charge in [0.25, 0.3) is 15.7 Å². The summed E-state index contributed by atoms with van der Waals surface area (Å²) in [6.07, 6.45) is 3.93. The summed E-state index contributed by atoms with van der Waals surface area (Å²) in [6, 6.07) is 0.00445. The van der Waals surface area contributed by atoms with Gasteiger partial charge in [-0.05, 0) is 19.8 Å². The summed E-state index contributed by atoms with van der Waals surface area (Å²) < 4.78 is 34.6. The van der Waals surface area contributed by atoms with Crippen LogP contribution >= 0.6 is 0 Å². The van der Waals surface area contributed by atoms with Crippen LogP contribution in [-0.4, -0.2) is 71.7 Å². The standard InChI is InChI=1S/C16H23N5O5S/c1-10(20-8-12(9-20)26-27(2,23)24)14-18-15-13(16(22)19-14)7-17-21(15)11-3-5-25-6-4-11/h7,10-12H,3-6,8-9H2,1-2H3,(H,18,19,22)/t10-/m1/s1. The Labute approximate surface area is 156 Å². The smallest absolute Gasteiger partial charge is 0.264 e. The van der Waals surface area contributed by atoms with Crippen LogP contribution in [0, 0.1) is 0 Å². The molecule has 0 aliphatic carbocycles.